The van der Waals surface area contributed by atoms with Gasteiger partial charge in [-0.3, -0.25) is 4.79 Å². The largest absolute Gasteiger partial charge is 0.359 e. The highest BCUT2D eigenvalue weighted by atomic mass is 16.5. The molecule has 0 saturated heterocycles. The van der Waals surface area contributed by atoms with Crippen LogP contribution in [0.2, 0.25) is 0 Å². The molecule has 1 N–H and O–H groups in total. The van der Waals surface area contributed by atoms with E-state index in [4.69, 9.17) is 4.74 Å². The number of carbonyl (C=O) groups excluding carboxylic acids is 1. The van der Waals surface area contributed by atoms with Gasteiger partial charge in [-0.05, 0) is 31.4 Å². The van der Waals surface area contributed by atoms with E-state index in [1.165, 1.54) is 32.1 Å². The Morgan fingerprint density at radius 3 is 2.50 bits per heavy atom. The van der Waals surface area contributed by atoms with Crippen molar-refractivity contribution in [2.24, 2.45) is 5.92 Å². The molecule has 110 valence electrons. The standard InChI is InChI=1S/C17H25NO2/c1-17(20-2,13-14-9-5-3-6-10-14)18-16(19)15-11-7-4-8-12-15/h4,7-8,11-12,14H,3,5-6,9-10,13H2,1-2H3,(H,18,19). The topological polar surface area (TPSA) is 38.3 Å². The summed E-state index contributed by atoms with van der Waals surface area (Å²) in [6.45, 7) is 1.97. The second-order valence-corrected chi connectivity index (χ2v) is 5.96. The highest BCUT2D eigenvalue weighted by molar-refractivity contribution is 5.94. The zero-order valence-electron chi connectivity index (χ0n) is 12.5. The van der Waals surface area contributed by atoms with Crippen LogP contribution in [0.3, 0.4) is 0 Å². The molecule has 0 radical (unpaired) electrons. The first-order chi connectivity index (χ1) is 9.63. The molecular formula is C17H25NO2. The Morgan fingerprint density at radius 2 is 1.90 bits per heavy atom. The van der Waals surface area contributed by atoms with Crippen molar-refractivity contribution in [3.63, 3.8) is 0 Å². The van der Waals surface area contributed by atoms with Crippen molar-refractivity contribution in [2.45, 2.75) is 51.2 Å². The Balaban J connectivity index is 1.97. The fourth-order valence-electron chi connectivity index (χ4n) is 3.03. The van der Waals surface area contributed by atoms with Crippen LogP contribution in [0.4, 0.5) is 0 Å². The molecule has 1 amide bonds. The lowest BCUT2D eigenvalue weighted by Gasteiger charge is -2.34. The summed E-state index contributed by atoms with van der Waals surface area (Å²) in [4.78, 5) is 12.3. The summed E-state index contributed by atoms with van der Waals surface area (Å²) in [5.74, 6) is 0.593. The van der Waals surface area contributed by atoms with Gasteiger partial charge in [0.15, 0.2) is 0 Å². The van der Waals surface area contributed by atoms with Gasteiger partial charge in [-0.15, -0.1) is 0 Å². The number of ether oxygens (including phenoxy) is 1. The van der Waals surface area contributed by atoms with Gasteiger partial charge in [-0.2, -0.15) is 0 Å². The predicted octanol–water partition coefficient (Wildman–Crippen LogP) is 3.75. The molecular weight excluding hydrogens is 250 g/mol. The van der Waals surface area contributed by atoms with E-state index in [2.05, 4.69) is 5.32 Å². The molecule has 3 heteroatoms. The van der Waals surface area contributed by atoms with Crippen LogP contribution >= 0.6 is 0 Å². The van der Waals surface area contributed by atoms with E-state index in [1.54, 1.807) is 7.11 Å². The van der Waals surface area contributed by atoms with Gasteiger partial charge in [-0.25, -0.2) is 0 Å². The summed E-state index contributed by atoms with van der Waals surface area (Å²) in [5, 5.41) is 3.05. The number of amides is 1. The van der Waals surface area contributed by atoms with Crippen LogP contribution in [-0.2, 0) is 4.74 Å². The van der Waals surface area contributed by atoms with Crippen molar-refractivity contribution in [1.82, 2.24) is 5.32 Å². The third kappa shape index (κ3) is 4.07. The first-order valence-corrected chi connectivity index (χ1v) is 7.56. The maximum atomic E-state index is 12.3. The van der Waals surface area contributed by atoms with Gasteiger partial charge >= 0.3 is 0 Å². The van der Waals surface area contributed by atoms with Gasteiger partial charge in [0.2, 0.25) is 0 Å². The summed E-state index contributed by atoms with van der Waals surface area (Å²) >= 11 is 0. The van der Waals surface area contributed by atoms with Crippen LogP contribution in [0, 0.1) is 5.92 Å². The number of rotatable bonds is 5. The number of nitrogens with one attached hydrogen (secondary N) is 1. The minimum Gasteiger partial charge on any atom is -0.359 e. The SMILES string of the molecule is COC(C)(CC1CCCCC1)NC(=O)c1ccccc1. The maximum absolute atomic E-state index is 12.3. The third-order valence-electron chi connectivity index (χ3n) is 4.27. The van der Waals surface area contributed by atoms with E-state index in [0.717, 1.165) is 6.42 Å². The number of hydrogen-bond acceptors (Lipinski definition) is 2. The first-order valence-electron chi connectivity index (χ1n) is 7.56. The minimum atomic E-state index is -0.574. The van der Waals surface area contributed by atoms with E-state index in [-0.39, 0.29) is 5.91 Å². The van der Waals surface area contributed by atoms with E-state index in [1.807, 2.05) is 37.3 Å². The molecule has 1 atom stereocenters. The van der Waals surface area contributed by atoms with E-state index < -0.39 is 5.72 Å². The second kappa shape index (κ2) is 6.89. The van der Waals surface area contributed by atoms with Crippen LogP contribution in [0.25, 0.3) is 0 Å². The molecule has 1 saturated carbocycles. The number of hydrogen-bond donors (Lipinski definition) is 1. The summed E-state index contributed by atoms with van der Waals surface area (Å²) in [6.07, 6.45) is 7.34. The second-order valence-electron chi connectivity index (χ2n) is 5.96. The van der Waals surface area contributed by atoms with Crippen LogP contribution < -0.4 is 5.32 Å². The average molecular weight is 275 g/mol. The Morgan fingerprint density at radius 1 is 1.25 bits per heavy atom. The van der Waals surface area contributed by atoms with Gasteiger partial charge < -0.3 is 10.1 Å². The Labute approximate surface area is 121 Å². The predicted molar refractivity (Wildman–Crippen MR) is 80.5 cm³/mol. The molecule has 1 fully saturated rings. The molecule has 2 rings (SSSR count). The van der Waals surface area contributed by atoms with Crippen LogP contribution in [0.1, 0.15) is 55.8 Å². The van der Waals surface area contributed by atoms with Gasteiger partial charge in [0, 0.05) is 12.7 Å². The lowest BCUT2D eigenvalue weighted by atomic mass is 9.84. The molecule has 1 aliphatic rings. The molecule has 0 aliphatic heterocycles. The van der Waals surface area contributed by atoms with Crippen LogP contribution in [0.5, 0.6) is 0 Å². The molecule has 1 aliphatic carbocycles. The fourth-order valence-corrected chi connectivity index (χ4v) is 3.03. The minimum absolute atomic E-state index is 0.0641. The van der Waals surface area contributed by atoms with Crippen molar-refractivity contribution in [1.29, 1.82) is 0 Å². The maximum Gasteiger partial charge on any atom is 0.253 e. The zero-order valence-corrected chi connectivity index (χ0v) is 12.5. The molecule has 1 aromatic rings. The highest BCUT2D eigenvalue weighted by Gasteiger charge is 2.30. The van der Waals surface area contributed by atoms with Crippen molar-refractivity contribution >= 4 is 5.91 Å². The number of benzene rings is 1. The van der Waals surface area contributed by atoms with Crippen LogP contribution in [0.15, 0.2) is 30.3 Å². The lowest BCUT2D eigenvalue weighted by molar-refractivity contribution is -0.0392. The van der Waals surface area contributed by atoms with Gasteiger partial charge in [-0.1, -0.05) is 50.3 Å². The molecule has 0 spiro atoms. The van der Waals surface area contributed by atoms with Gasteiger partial charge in [0.25, 0.3) is 5.91 Å². The molecule has 3 nitrogen and oxygen atoms in total. The highest BCUT2D eigenvalue weighted by Crippen LogP contribution is 2.31. The first kappa shape index (κ1) is 15.0. The Hall–Kier alpha value is -1.35. The number of carbonyl (C=O) groups is 1. The molecule has 1 unspecified atom stereocenters. The Kier molecular flexibility index (Phi) is 5.18. The molecule has 1 aromatic carbocycles. The monoisotopic (exact) mass is 275 g/mol. The normalized spacial score (nSPS) is 19.3. The van der Waals surface area contributed by atoms with Crippen molar-refractivity contribution in [3.8, 4) is 0 Å². The summed E-state index contributed by atoms with van der Waals surface area (Å²) in [5.41, 5.74) is 0.106. The third-order valence-corrected chi connectivity index (χ3v) is 4.27. The lowest BCUT2D eigenvalue weighted by Crippen LogP contribution is -2.49. The zero-order chi connectivity index (χ0) is 14.4. The van der Waals surface area contributed by atoms with Crippen LogP contribution in [-0.4, -0.2) is 18.7 Å². The molecule has 0 heterocycles. The molecule has 20 heavy (non-hydrogen) atoms. The fraction of sp³-hybridized carbons (Fsp3) is 0.588. The molecule has 0 aromatic heterocycles. The van der Waals surface area contributed by atoms with E-state index in [0.29, 0.717) is 11.5 Å². The Bertz CT molecular complexity index is 426. The van der Waals surface area contributed by atoms with Crippen molar-refractivity contribution in [2.75, 3.05) is 7.11 Å². The van der Waals surface area contributed by atoms with Crippen molar-refractivity contribution < 1.29 is 9.53 Å². The van der Waals surface area contributed by atoms with E-state index in [9.17, 15) is 4.79 Å². The van der Waals surface area contributed by atoms with E-state index >= 15 is 0 Å². The van der Waals surface area contributed by atoms with Crippen molar-refractivity contribution in [3.05, 3.63) is 35.9 Å². The summed E-state index contributed by atoms with van der Waals surface area (Å²) in [6, 6.07) is 9.31. The van der Waals surface area contributed by atoms with Gasteiger partial charge in [0.1, 0.15) is 5.72 Å². The van der Waals surface area contributed by atoms with Gasteiger partial charge in [0.05, 0.1) is 0 Å². The molecule has 0 bridgehead atoms. The quantitative estimate of drug-likeness (QED) is 0.831. The number of methoxy groups -OCH3 is 1. The smallest absolute Gasteiger partial charge is 0.253 e. The summed E-state index contributed by atoms with van der Waals surface area (Å²) in [7, 11) is 1.67. The average Bonchev–Trinajstić information content (AvgIpc) is 2.49. The summed E-state index contributed by atoms with van der Waals surface area (Å²) < 4.78 is 5.60.